The summed E-state index contributed by atoms with van der Waals surface area (Å²) in [5.41, 5.74) is 9.42. The molecule has 0 fully saturated rings. The Morgan fingerprint density at radius 2 is 1.67 bits per heavy atom. The maximum absolute atomic E-state index is 4.77. The minimum Gasteiger partial charge on any atom is -0.337 e. The Hall–Kier alpha value is -3.20. The van der Waals surface area contributed by atoms with E-state index in [0.29, 0.717) is 0 Å². The van der Waals surface area contributed by atoms with E-state index >= 15 is 0 Å². The van der Waals surface area contributed by atoms with Gasteiger partial charge < -0.3 is 4.98 Å². The lowest BCUT2D eigenvalue weighted by atomic mass is 9.98. The molecule has 1 N–H and O–H groups in total. The van der Waals surface area contributed by atoms with Gasteiger partial charge in [0.25, 0.3) is 0 Å². The van der Waals surface area contributed by atoms with Crippen LogP contribution in [-0.2, 0) is 0 Å². The van der Waals surface area contributed by atoms with Crippen LogP contribution in [0.15, 0.2) is 67.0 Å². The molecule has 0 aliphatic heterocycles. The number of H-pyrrole nitrogens is 1. The molecule has 1 aliphatic rings. The number of nitrogens with one attached hydrogen (secondary N) is 1. The van der Waals surface area contributed by atoms with Gasteiger partial charge in [0, 0.05) is 17.3 Å². The first kappa shape index (κ1) is 13.3. The fraction of sp³-hybridized carbons (Fsp3) is 0.0476. The van der Waals surface area contributed by atoms with E-state index in [2.05, 4.69) is 65.4 Å². The quantitative estimate of drug-likeness (QED) is 0.470. The number of hydrogen-bond donors (Lipinski definition) is 1. The molecule has 0 amide bonds. The van der Waals surface area contributed by atoms with Crippen LogP contribution in [0.25, 0.3) is 39.1 Å². The molecule has 2 aromatic carbocycles. The van der Waals surface area contributed by atoms with E-state index in [1.54, 1.807) is 6.20 Å². The van der Waals surface area contributed by atoms with Crippen molar-refractivity contribution < 1.29 is 0 Å². The second-order valence-electron chi connectivity index (χ2n) is 5.95. The summed E-state index contributed by atoms with van der Waals surface area (Å²) >= 11 is 0. The van der Waals surface area contributed by atoms with Crippen LogP contribution in [-0.4, -0.2) is 15.0 Å². The topological polar surface area (TPSA) is 41.6 Å². The number of benzene rings is 2. The fourth-order valence-electron chi connectivity index (χ4n) is 3.64. The zero-order valence-corrected chi connectivity index (χ0v) is 13.2. The highest BCUT2D eigenvalue weighted by Crippen LogP contribution is 2.48. The molecule has 3 nitrogen and oxygen atoms in total. The van der Waals surface area contributed by atoms with Crippen LogP contribution in [0, 0.1) is 0 Å². The molecule has 0 bridgehead atoms. The Kier molecular flexibility index (Phi) is 2.71. The van der Waals surface area contributed by atoms with Crippen molar-refractivity contribution >= 4 is 16.6 Å². The number of fused-ring (bicyclic) bond motifs is 4. The Morgan fingerprint density at radius 1 is 0.875 bits per heavy atom. The van der Waals surface area contributed by atoms with E-state index in [4.69, 9.17) is 4.98 Å². The van der Waals surface area contributed by atoms with E-state index in [1.807, 2.05) is 12.3 Å². The number of aromatic nitrogens is 3. The van der Waals surface area contributed by atoms with Crippen LogP contribution in [0.2, 0.25) is 0 Å². The molecule has 2 heterocycles. The van der Waals surface area contributed by atoms with E-state index in [1.165, 1.54) is 27.8 Å². The van der Waals surface area contributed by atoms with Gasteiger partial charge in [-0.25, -0.2) is 4.98 Å². The highest BCUT2D eigenvalue weighted by atomic mass is 14.9. The minimum absolute atomic E-state index is 0.891. The van der Waals surface area contributed by atoms with Gasteiger partial charge in [0.05, 0.1) is 17.2 Å². The van der Waals surface area contributed by atoms with Crippen LogP contribution in [0.5, 0.6) is 0 Å². The lowest BCUT2D eigenvalue weighted by Crippen LogP contribution is -1.87. The summed E-state index contributed by atoms with van der Waals surface area (Å²) in [6.45, 7) is 2.10. The van der Waals surface area contributed by atoms with Gasteiger partial charge in [0.2, 0.25) is 0 Å². The number of allylic oxidation sites excluding steroid dienone is 1. The van der Waals surface area contributed by atoms with Crippen molar-refractivity contribution in [2.45, 2.75) is 6.92 Å². The molecule has 24 heavy (non-hydrogen) atoms. The molecule has 114 valence electrons. The Bertz CT molecular complexity index is 1090. The van der Waals surface area contributed by atoms with Crippen molar-refractivity contribution in [3.8, 4) is 22.5 Å². The third kappa shape index (κ3) is 1.72. The summed E-state index contributed by atoms with van der Waals surface area (Å²) in [6, 6.07) is 17.0. The van der Waals surface area contributed by atoms with E-state index in [9.17, 15) is 0 Å². The van der Waals surface area contributed by atoms with Crippen molar-refractivity contribution in [1.29, 1.82) is 0 Å². The summed E-state index contributed by atoms with van der Waals surface area (Å²) in [4.78, 5) is 12.4. The van der Waals surface area contributed by atoms with Crippen LogP contribution >= 0.6 is 0 Å². The van der Waals surface area contributed by atoms with Gasteiger partial charge in [-0.05, 0) is 35.3 Å². The number of hydrogen-bond acceptors (Lipinski definition) is 2. The standard InChI is InChI=1S/C21H15N3/c1-2-13-14-6-3-4-7-16(14)20-15(13)8-5-9-17(20)21-23-18-10-11-22-12-19(18)24-21/h2-12H,1H3,(H,23,24)/b13-2+. The molecule has 0 radical (unpaired) electrons. The summed E-state index contributed by atoms with van der Waals surface area (Å²) in [5.74, 6) is 0.891. The number of aromatic amines is 1. The summed E-state index contributed by atoms with van der Waals surface area (Å²) in [5, 5.41) is 0. The highest BCUT2D eigenvalue weighted by molar-refractivity contribution is 6.05. The molecule has 0 saturated carbocycles. The van der Waals surface area contributed by atoms with Gasteiger partial charge in [0.15, 0.2) is 0 Å². The lowest BCUT2D eigenvalue weighted by molar-refractivity contribution is 1.33. The smallest absolute Gasteiger partial charge is 0.139 e. The first-order valence-electron chi connectivity index (χ1n) is 8.06. The number of imidazole rings is 1. The average molecular weight is 309 g/mol. The zero-order valence-electron chi connectivity index (χ0n) is 13.2. The average Bonchev–Trinajstić information content (AvgIpc) is 3.20. The molecular formula is C21H15N3. The molecule has 3 heteroatoms. The van der Waals surface area contributed by atoms with Crippen molar-refractivity contribution in [2.24, 2.45) is 0 Å². The second-order valence-corrected chi connectivity index (χ2v) is 5.95. The van der Waals surface area contributed by atoms with Crippen LogP contribution < -0.4 is 0 Å². The number of nitrogens with zero attached hydrogens (tertiary/aromatic N) is 2. The van der Waals surface area contributed by atoms with Crippen LogP contribution in [0.4, 0.5) is 0 Å². The summed E-state index contributed by atoms with van der Waals surface area (Å²) < 4.78 is 0. The molecule has 2 aromatic heterocycles. The highest BCUT2D eigenvalue weighted by Gasteiger charge is 2.26. The van der Waals surface area contributed by atoms with Gasteiger partial charge in [-0.1, -0.05) is 48.5 Å². The molecule has 5 rings (SSSR count). The Balaban J connectivity index is 1.84. The predicted octanol–water partition coefficient (Wildman–Crippen LogP) is 5.06. The lowest BCUT2D eigenvalue weighted by Gasteiger charge is -2.07. The summed E-state index contributed by atoms with van der Waals surface area (Å²) in [6.07, 6.45) is 5.78. The van der Waals surface area contributed by atoms with E-state index in [-0.39, 0.29) is 0 Å². The van der Waals surface area contributed by atoms with Gasteiger partial charge in [-0.3, -0.25) is 4.98 Å². The fourth-order valence-corrected chi connectivity index (χ4v) is 3.64. The third-order valence-electron chi connectivity index (χ3n) is 4.67. The predicted molar refractivity (Wildman–Crippen MR) is 97.5 cm³/mol. The minimum atomic E-state index is 0.891. The molecular weight excluding hydrogens is 294 g/mol. The van der Waals surface area contributed by atoms with Crippen molar-refractivity contribution in [3.05, 3.63) is 78.1 Å². The molecule has 4 aromatic rings. The molecule has 1 aliphatic carbocycles. The van der Waals surface area contributed by atoms with E-state index < -0.39 is 0 Å². The largest absolute Gasteiger partial charge is 0.337 e. The first-order chi connectivity index (χ1) is 11.9. The Labute approximate surface area is 139 Å². The first-order valence-corrected chi connectivity index (χ1v) is 8.06. The number of pyridine rings is 1. The zero-order chi connectivity index (χ0) is 16.1. The van der Waals surface area contributed by atoms with Gasteiger partial charge in [-0.2, -0.15) is 0 Å². The number of rotatable bonds is 1. The maximum Gasteiger partial charge on any atom is 0.139 e. The van der Waals surface area contributed by atoms with E-state index in [0.717, 1.165) is 22.4 Å². The monoisotopic (exact) mass is 309 g/mol. The van der Waals surface area contributed by atoms with Crippen molar-refractivity contribution in [2.75, 3.05) is 0 Å². The molecule has 0 unspecified atom stereocenters. The van der Waals surface area contributed by atoms with Gasteiger partial charge in [0.1, 0.15) is 5.82 Å². The van der Waals surface area contributed by atoms with Crippen LogP contribution in [0.1, 0.15) is 18.1 Å². The third-order valence-corrected chi connectivity index (χ3v) is 4.67. The Morgan fingerprint density at radius 3 is 2.50 bits per heavy atom. The van der Waals surface area contributed by atoms with Crippen molar-refractivity contribution in [1.82, 2.24) is 15.0 Å². The maximum atomic E-state index is 4.77. The second kappa shape index (κ2) is 4.90. The normalized spacial score (nSPS) is 14.1. The van der Waals surface area contributed by atoms with Crippen molar-refractivity contribution in [3.63, 3.8) is 0 Å². The van der Waals surface area contributed by atoms with Gasteiger partial charge in [-0.15, -0.1) is 0 Å². The molecule has 0 spiro atoms. The SMILES string of the molecule is C/C=C1\c2ccccc2-c2c1cccc2-c1nc2ccncc2[nH]1. The van der Waals surface area contributed by atoms with Crippen LogP contribution in [0.3, 0.4) is 0 Å². The van der Waals surface area contributed by atoms with Gasteiger partial charge >= 0.3 is 0 Å². The summed E-state index contributed by atoms with van der Waals surface area (Å²) in [7, 11) is 0. The molecule has 0 saturated heterocycles. The molecule has 0 atom stereocenters.